The first-order chi connectivity index (χ1) is 19.8. The van der Waals surface area contributed by atoms with E-state index in [1.807, 2.05) is 48.5 Å². The summed E-state index contributed by atoms with van der Waals surface area (Å²) in [6, 6.07) is 39.3. The van der Waals surface area contributed by atoms with Crippen LogP contribution in [0.5, 0.6) is 0 Å². The van der Waals surface area contributed by atoms with Gasteiger partial charge in [0.25, 0.3) is 0 Å². The SMILES string of the molecule is Nc1ccccc1-c1[c-]cccc1.[Cl][Pd+].c1ccc(-c2ccccc2P(C2CCCCC2)C2CCCCC2)cc1. The van der Waals surface area contributed by atoms with Crippen LogP contribution in [0.25, 0.3) is 22.3 Å². The predicted molar refractivity (Wildman–Crippen MR) is 173 cm³/mol. The van der Waals surface area contributed by atoms with E-state index in [-0.39, 0.29) is 7.92 Å². The largest absolute Gasteiger partial charge is 0.0683 e. The molecule has 2 aliphatic rings. The van der Waals surface area contributed by atoms with Crippen LogP contribution < -0.4 is 11.0 Å². The topological polar surface area (TPSA) is 26.0 Å². The Morgan fingerprint density at radius 1 is 0.600 bits per heavy atom. The summed E-state index contributed by atoms with van der Waals surface area (Å²) in [5.41, 5.74) is 13.6. The summed E-state index contributed by atoms with van der Waals surface area (Å²) in [7, 11) is 4.45. The third kappa shape index (κ3) is 8.54. The molecule has 0 heterocycles. The first kappa shape index (κ1) is 31.0. The third-order valence-electron chi connectivity index (χ3n) is 8.16. The summed E-state index contributed by atoms with van der Waals surface area (Å²) in [5, 5.41) is 1.71. The average molecular weight is 661 g/mol. The molecule has 6 rings (SSSR count). The molecule has 0 radical (unpaired) electrons. The van der Waals surface area contributed by atoms with Crippen LogP contribution in [0.1, 0.15) is 64.2 Å². The van der Waals surface area contributed by atoms with Crippen LogP contribution in [0.15, 0.2) is 103 Å². The van der Waals surface area contributed by atoms with Crippen LogP contribution in [-0.4, -0.2) is 11.3 Å². The molecule has 2 fully saturated rings. The van der Waals surface area contributed by atoms with Gasteiger partial charge in [-0.3, -0.25) is 0 Å². The minimum absolute atomic E-state index is 0.0365. The van der Waals surface area contributed by atoms with Gasteiger partial charge in [-0.15, -0.1) is 35.9 Å². The van der Waals surface area contributed by atoms with E-state index in [4.69, 9.17) is 5.73 Å². The van der Waals surface area contributed by atoms with Gasteiger partial charge in [0.15, 0.2) is 0 Å². The minimum Gasteiger partial charge on any atom is -0.0683 e. The molecule has 0 atom stereocenters. The van der Waals surface area contributed by atoms with Crippen molar-refractivity contribution in [3.8, 4) is 22.3 Å². The van der Waals surface area contributed by atoms with E-state index in [1.165, 1.54) is 75.3 Å². The second kappa shape index (κ2) is 17.1. The van der Waals surface area contributed by atoms with Gasteiger partial charge in [-0.05, 0) is 65.2 Å². The summed E-state index contributed by atoms with van der Waals surface area (Å²) in [6.07, 6.45) is 14.7. The predicted octanol–water partition coefficient (Wildman–Crippen LogP) is 10.5. The Morgan fingerprint density at radius 2 is 1.12 bits per heavy atom. The normalized spacial score (nSPS) is 15.9. The Labute approximate surface area is 258 Å². The zero-order valence-electron chi connectivity index (χ0n) is 23.3. The van der Waals surface area contributed by atoms with Gasteiger partial charge in [0.2, 0.25) is 0 Å². The fourth-order valence-corrected chi connectivity index (χ4v) is 10.2. The zero-order chi connectivity index (χ0) is 28.0. The van der Waals surface area contributed by atoms with E-state index >= 15 is 0 Å². The van der Waals surface area contributed by atoms with Crippen LogP contribution in [-0.2, 0) is 18.2 Å². The number of rotatable bonds is 5. The summed E-state index contributed by atoms with van der Waals surface area (Å²) in [5.74, 6) is 0. The quantitative estimate of drug-likeness (QED) is 0.0981. The molecule has 2 saturated carbocycles. The molecular formula is C36H41ClNPPd. The number of hydrogen-bond donors (Lipinski definition) is 1. The van der Waals surface area contributed by atoms with Crippen LogP contribution >= 0.6 is 17.5 Å². The van der Waals surface area contributed by atoms with Gasteiger partial charge in [-0.2, -0.15) is 0 Å². The van der Waals surface area contributed by atoms with Crippen molar-refractivity contribution in [3.63, 3.8) is 0 Å². The Morgan fingerprint density at radius 3 is 1.70 bits per heavy atom. The molecule has 0 spiro atoms. The molecule has 0 bridgehead atoms. The monoisotopic (exact) mass is 659 g/mol. The Balaban J connectivity index is 0.000000207. The minimum atomic E-state index is -0.0365. The second-order valence-corrected chi connectivity index (χ2v) is 13.5. The van der Waals surface area contributed by atoms with Crippen molar-refractivity contribution in [2.24, 2.45) is 0 Å². The maximum absolute atomic E-state index is 5.83. The Hall–Kier alpha value is -1.94. The van der Waals surface area contributed by atoms with Crippen molar-refractivity contribution in [1.29, 1.82) is 0 Å². The van der Waals surface area contributed by atoms with Crippen molar-refractivity contribution in [1.82, 2.24) is 0 Å². The van der Waals surface area contributed by atoms with Crippen LogP contribution in [0.3, 0.4) is 0 Å². The summed E-state index contributed by atoms with van der Waals surface area (Å²) in [4.78, 5) is 0. The molecule has 0 unspecified atom stereocenters. The fraction of sp³-hybridized carbons (Fsp3) is 0.333. The molecule has 2 aliphatic carbocycles. The smallest absolute Gasteiger partial charge is 0.0107 e. The maximum atomic E-state index is 5.83. The summed E-state index contributed by atoms with van der Waals surface area (Å²) in [6.45, 7) is 0. The molecule has 2 N–H and O–H groups in total. The molecular weight excluding hydrogens is 619 g/mol. The third-order valence-corrected chi connectivity index (χ3v) is 11.7. The van der Waals surface area contributed by atoms with Crippen LogP contribution in [0.4, 0.5) is 5.69 Å². The zero-order valence-corrected chi connectivity index (χ0v) is 26.5. The van der Waals surface area contributed by atoms with E-state index in [1.54, 1.807) is 5.30 Å². The number of nitrogens with two attached hydrogens (primary N) is 1. The Bertz CT molecular complexity index is 1240. The first-order valence-corrected chi connectivity index (χ1v) is 18.2. The summed E-state index contributed by atoms with van der Waals surface area (Å²) >= 11 is 2.22. The van der Waals surface area contributed by atoms with Gasteiger partial charge < -0.3 is 5.73 Å². The molecule has 0 saturated heterocycles. The van der Waals surface area contributed by atoms with Gasteiger partial charge >= 0.3 is 27.7 Å². The molecule has 0 aromatic heterocycles. The average Bonchev–Trinajstić information content (AvgIpc) is 3.05. The standard InChI is InChI=1S/C24H31P.C12H10N.ClH.Pd/c1-4-12-20(13-5-1)23-18-10-11-19-24(23)25(21-14-6-2-7-15-21)22-16-8-3-9-17-22;13-12-9-5-4-8-11(12)10-6-2-1-3-7-10;;/h1,4-5,10-13,18-19,21-22H,2-3,6-9,14-17H2;1-6,8-9H,13H2;1H;/q;-1;;+2/p-1. The van der Waals surface area contributed by atoms with Crippen molar-refractivity contribution < 1.29 is 18.2 Å². The van der Waals surface area contributed by atoms with E-state index in [0.717, 1.165) is 28.1 Å². The molecule has 4 aromatic carbocycles. The number of anilines is 1. The fourth-order valence-electron chi connectivity index (χ4n) is 6.27. The Kier molecular flexibility index (Phi) is 13.3. The van der Waals surface area contributed by atoms with Gasteiger partial charge in [0, 0.05) is 0 Å². The van der Waals surface area contributed by atoms with E-state index in [2.05, 4.69) is 88.4 Å². The second-order valence-electron chi connectivity index (χ2n) is 10.7. The van der Waals surface area contributed by atoms with Crippen molar-refractivity contribution >= 4 is 28.4 Å². The summed E-state index contributed by atoms with van der Waals surface area (Å²) < 4.78 is 0. The first-order valence-electron chi connectivity index (χ1n) is 14.7. The number of halogens is 1. The molecule has 212 valence electrons. The molecule has 40 heavy (non-hydrogen) atoms. The van der Waals surface area contributed by atoms with Crippen molar-refractivity contribution in [2.45, 2.75) is 75.5 Å². The number of benzene rings is 4. The molecule has 4 heteroatoms. The number of nitrogen functional groups attached to an aromatic ring is 1. The molecule has 4 aromatic rings. The van der Waals surface area contributed by atoms with E-state index < -0.39 is 0 Å². The van der Waals surface area contributed by atoms with Gasteiger partial charge in [-0.1, -0.05) is 125 Å². The van der Waals surface area contributed by atoms with Crippen LogP contribution in [0, 0.1) is 6.07 Å². The van der Waals surface area contributed by atoms with Gasteiger partial charge in [-0.25, -0.2) is 0 Å². The van der Waals surface area contributed by atoms with Crippen molar-refractivity contribution in [2.75, 3.05) is 5.73 Å². The number of para-hydroxylation sites is 1. The van der Waals surface area contributed by atoms with Crippen molar-refractivity contribution in [3.05, 3.63) is 109 Å². The molecule has 0 aliphatic heterocycles. The maximum Gasteiger partial charge on any atom is -0.0107 e. The molecule has 1 nitrogen and oxygen atoms in total. The van der Waals surface area contributed by atoms with E-state index in [0.29, 0.717) is 0 Å². The van der Waals surface area contributed by atoms with E-state index in [9.17, 15) is 0 Å². The van der Waals surface area contributed by atoms with Crippen LogP contribution in [0.2, 0.25) is 0 Å². The number of hydrogen-bond acceptors (Lipinski definition) is 1. The van der Waals surface area contributed by atoms with Gasteiger partial charge in [0.1, 0.15) is 0 Å². The van der Waals surface area contributed by atoms with Gasteiger partial charge in [0.05, 0.1) is 0 Å². The molecule has 0 amide bonds.